The van der Waals surface area contributed by atoms with Gasteiger partial charge in [0.15, 0.2) is 0 Å². The highest BCUT2D eigenvalue weighted by Crippen LogP contribution is 2.28. The molecule has 0 fully saturated rings. The van der Waals surface area contributed by atoms with Gasteiger partial charge in [0.05, 0.1) is 16.5 Å². The zero-order chi connectivity index (χ0) is 13.8. The molecule has 0 spiro atoms. The van der Waals surface area contributed by atoms with Crippen LogP contribution in [-0.4, -0.2) is 26.1 Å². The average molecular weight is 313 g/mol. The lowest BCUT2D eigenvalue weighted by atomic mass is 10.3. The maximum Gasteiger partial charge on any atom is 0.303 e. The fourth-order valence-electron chi connectivity index (χ4n) is 1.16. The van der Waals surface area contributed by atoms with E-state index >= 15 is 0 Å². The van der Waals surface area contributed by atoms with Gasteiger partial charge in [0.1, 0.15) is 5.75 Å². The van der Waals surface area contributed by atoms with Crippen LogP contribution in [0, 0.1) is 0 Å². The van der Waals surface area contributed by atoms with E-state index < -0.39 is 15.0 Å². The van der Waals surface area contributed by atoms with Crippen LogP contribution in [-0.2, 0) is 13.8 Å². The first-order chi connectivity index (χ1) is 8.30. The molecule has 100 valence electrons. The molecular weight excluding hydrogens is 303 g/mol. The molecule has 0 aliphatic heterocycles. The third-order valence-electron chi connectivity index (χ3n) is 1.98. The molecule has 0 saturated carbocycles. The van der Waals surface area contributed by atoms with Gasteiger partial charge in [-0.15, -0.1) is 0 Å². The molecule has 0 aliphatic rings. The van der Waals surface area contributed by atoms with Crippen molar-refractivity contribution < 1.29 is 23.1 Å². The third-order valence-corrected chi connectivity index (χ3v) is 3.62. The molecule has 0 unspecified atom stereocenters. The third kappa shape index (κ3) is 4.72. The lowest BCUT2D eigenvalue weighted by molar-refractivity contribution is -0.137. The molecule has 0 bridgehead atoms. The van der Waals surface area contributed by atoms with Crippen molar-refractivity contribution in [3.63, 3.8) is 0 Å². The molecule has 0 amide bonds. The fraction of sp³-hybridized carbons (Fsp3) is 0.300. The van der Waals surface area contributed by atoms with Gasteiger partial charge in [-0.3, -0.25) is 4.79 Å². The van der Waals surface area contributed by atoms with Crippen molar-refractivity contribution in [2.45, 2.75) is 17.7 Å². The molecule has 0 radical (unpaired) electrons. The zero-order valence-corrected chi connectivity index (χ0v) is 11.4. The highest BCUT2D eigenvalue weighted by Gasteiger charge is 2.12. The van der Waals surface area contributed by atoms with Crippen molar-refractivity contribution in [1.29, 1.82) is 0 Å². The van der Waals surface area contributed by atoms with Crippen LogP contribution >= 0.6 is 22.3 Å². The van der Waals surface area contributed by atoms with Gasteiger partial charge in [-0.2, -0.15) is 0 Å². The molecule has 18 heavy (non-hydrogen) atoms. The molecule has 0 saturated heterocycles. The second-order valence-corrected chi connectivity index (χ2v) is 6.35. The Hall–Kier alpha value is -0.980. The minimum absolute atomic E-state index is 0.00817. The largest absolute Gasteiger partial charge is 0.492 e. The van der Waals surface area contributed by atoms with Gasteiger partial charge in [-0.1, -0.05) is 11.6 Å². The molecule has 1 N–H and O–H groups in total. The summed E-state index contributed by atoms with van der Waals surface area (Å²) in [6.45, 7) is 0.180. The van der Waals surface area contributed by atoms with Crippen molar-refractivity contribution in [1.82, 2.24) is 0 Å². The first kappa shape index (κ1) is 15.1. The summed E-state index contributed by atoms with van der Waals surface area (Å²) in [7, 11) is 1.33. The summed E-state index contributed by atoms with van der Waals surface area (Å²) in [4.78, 5) is 10.2. The summed E-state index contributed by atoms with van der Waals surface area (Å²) in [5.74, 6) is -0.626. The smallest absolute Gasteiger partial charge is 0.303 e. The van der Waals surface area contributed by atoms with Gasteiger partial charge in [0.2, 0.25) is 0 Å². The molecule has 0 aromatic heterocycles. The Morgan fingerprint density at radius 1 is 1.39 bits per heavy atom. The second-order valence-electron chi connectivity index (χ2n) is 3.38. The van der Waals surface area contributed by atoms with Crippen LogP contribution in [0.4, 0.5) is 0 Å². The molecule has 8 heteroatoms. The fourth-order valence-corrected chi connectivity index (χ4v) is 2.23. The van der Waals surface area contributed by atoms with E-state index in [1.54, 1.807) is 0 Å². The topological polar surface area (TPSA) is 80.7 Å². The maximum atomic E-state index is 11.0. The lowest BCUT2D eigenvalue weighted by Gasteiger charge is -2.07. The molecule has 0 heterocycles. The number of rotatable bonds is 6. The predicted octanol–water partition coefficient (Wildman–Crippen LogP) is 2.51. The van der Waals surface area contributed by atoms with Gasteiger partial charge in [-0.05, 0) is 24.6 Å². The van der Waals surface area contributed by atoms with Crippen LogP contribution in [0.1, 0.15) is 12.8 Å². The minimum Gasteiger partial charge on any atom is -0.492 e. The lowest BCUT2D eigenvalue weighted by Crippen LogP contribution is -2.02. The van der Waals surface area contributed by atoms with Crippen LogP contribution in [0.5, 0.6) is 5.75 Å². The Labute approximate surface area is 114 Å². The second kappa shape index (κ2) is 6.26. The number of carboxylic acid groups (broad SMARTS) is 1. The maximum absolute atomic E-state index is 11.0. The summed E-state index contributed by atoms with van der Waals surface area (Å²) >= 11 is 5.81. The molecule has 0 atom stereocenters. The summed E-state index contributed by atoms with van der Waals surface area (Å²) in [6, 6.07) is 3.82. The highest BCUT2D eigenvalue weighted by atomic mass is 35.7. The number of ether oxygens (including phenoxy) is 1. The van der Waals surface area contributed by atoms with E-state index in [0.717, 1.165) is 0 Å². The number of carbonyl (C=O) groups is 1. The van der Waals surface area contributed by atoms with Crippen LogP contribution in [0.25, 0.3) is 0 Å². The monoisotopic (exact) mass is 312 g/mol. The van der Waals surface area contributed by atoms with E-state index in [-0.39, 0.29) is 28.7 Å². The van der Waals surface area contributed by atoms with Crippen molar-refractivity contribution >= 4 is 37.3 Å². The molecule has 0 aliphatic carbocycles. The van der Waals surface area contributed by atoms with Crippen molar-refractivity contribution in [3.8, 4) is 5.75 Å². The minimum atomic E-state index is -3.82. The van der Waals surface area contributed by atoms with Crippen LogP contribution < -0.4 is 4.74 Å². The van der Waals surface area contributed by atoms with E-state index in [4.69, 9.17) is 32.1 Å². The number of halogens is 2. The van der Waals surface area contributed by atoms with Crippen LogP contribution in [0.15, 0.2) is 23.1 Å². The molecule has 1 aromatic rings. The van der Waals surface area contributed by atoms with E-state index in [0.29, 0.717) is 6.42 Å². The number of aliphatic carboxylic acids is 1. The summed E-state index contributed by atoms with van der Waals surface area (Å²) in [6.07, 6.45) is 0.326. The SMILES string of the molecule is O=C(O)CCCOc1ccc(S(=O)(=O)Cl)cc1Cl. The molecule has 5 nitrogen and oxygen atoms in total. The Morgan fingerprint density at radius 2 is 2.06 bits per heavy atom. The predicted molar refractivity (Wildman–Crippen MR) is 66.9 cm³/mol. The van der Waals surface area contributed by atoms with Gasteiger partial charge in [0.25, 0.3) is 9.05 Å². The summed E-state index contributed by atoms with van der Waals surface area (Å²) < 4.78 is 27.3. The highest BCUT2D eigenvalue weighted by molar-refractivity contribution is 8.13. The summed E-state index contributed by atoms with van der Waals surface area (Å²) in [5, 5.41) is 8.53. The van der Waals surface area contributed by atoms with Crippen molar-refractivity contribution in [2.24, 2.45) is 0 Å². The molecule has 1 aromatic carbocycles. The Kier molecular flexibility index (Phi) is 5.25. The van der Waals surface area contributed by atoms with Gasteiger partial charge in [-0.25, -0.2) is 8.42 Å². The van der Waals surface area contributed by atoms with Gasteiger partial charge < -0.3 is 9.84 Å². The Morgan fingerprint density at radius 3 is 2.56 bits per heavy atom. The van der Waals surface area contributed by atoms with E-state index in [2.05, 4.69) is 0 Å². The van der Waals surface area contributed by atoms with E-state index in [1.165, 1.54) is 18.2 Å². The molecule has 1 rings (SSSR count). The number of hydrogen-bond donors (Lipinski definition) is 1. The van der Waals surface area contributed by atoms with Crippen LogP contribution in [0.2, 0.25) is 5.02 Å². The Bertz CT molecular complexity index is 541. The average Bonchev–Trinajstić information content (AvgIpc) is 2.24. The number of benzene rings is 1. The summed E-state index contributed by atoms with van der Waals surface area (Å²) in [5.41, 5.74) is 0. The van der Waals surface area contributed by atoms with Gasteiger partial charge in [0, 0.05) is 17.1 Å². The van der Waals surface area contributed by atoms with Crippen LogP contribution in [0.3, 0.4) is 0 Å². The quantitative estimate of drug-likeness (QED) is 0.645. The van der Waals surface area contributed by atoms with Crippen molar-refractivity contribution in [2.75, 3.05) is 6.61 Å². The number of hydrogen-bond acceptors (Lipinski definition) is 4. The Balaban J connectivity index is 2.66. The zero-order valence-electron chi connectivity index (χ0n) is 9.10. The molecular formula is C10H10Cl2O5S. The normalized spacial score (nSPS) is 11.2. The number of carboxylic acids is 1. The standard InChI is InChI=1S/C10H10Cl2O5S/c11-8-6-7(18(12,15)16)3-4-9(8)17-5-1-2-10(13)14/h3-4,6H,1-2,5H2,(H,13,14). The first-order valence-electron chi connectivity index (χ1n) is 4.89. The van der Waals surface area contributed by atoms with Crippen molar-refractivity contribution in [3.05, 3.63) is 23.2 Å². The first-order valence-corrected chi connectivity index (χ1v) is 7.58. The van der Waals surface area contributed by atoms with Gasteiger partial charge >= 0.3 is 5.97 Å². The van der Waals surface area contributed by atoms with E-state index in [9.17, 15) is 13.2 Å². The van der Waals surface area contributed by atoms with E-state index in [1.807, 2.05) is 0 Å².